The number of anilines is 1. The van der Waals surface area contributed by atoms with Crippen molar-refractivity contribution in [3.05, 3.63) is 64.8 Å². The van der Waals surface area contributed by atoms with Gasteiger partial charge in [0.2, 0.25) is 0 Å². The number of rotatable bonds is 7. The maximum Gasteiger partial charge on any atom is 0.280 e. The van der Waals surface area contributed by atoms with Crippen LogP contribution in [0.2, 0.25) is 0 Å². The summed E-state index contributed by atoms with van der Waals surface area (Å²) in [6.45, 7) is -0.114. The van der Waals surface area contributed by atoms with Crippen LogP contribution in [0.3, 0.4) is 0 Å². The van der Waals surface area contributed by atoms with Gasteiger partial charge in [-0.15, -0.1) is 0 Å². The predicted octanol–water partition coefficient (Wildman–Crippen LogP) is 0.614. The number of para-hydroxylation sites is 2. The predicted molar refractivity (Wildman–Crippen MR) is 100 cm³/mol. The summed E-state index contributed by atoms with van der Waals surface area (Å²) in [5.74, 6) is -0.304. The van der Waals surface area contributed by atoms with Crippen LogP contribution in [-0.2, 0) is 9.63 Å². The lowest BCUT2D eigenvalue weighted by molar-refractivity contribution is -0.112. The second kappa shape index (κ2) is 7.32. The molecule has 4 rings (SSSR count). The van der Waals surface area contributed by atoms with Gasteiger partial charge in [0.15, 0.2) is 0 Å². The molecule has 0 spiro atoms. The summed E-state index contributed by atoms with van der Waals surface area (Å²) < 4.78 is 0. The lowest BCUT2D eigenvalue weighted by Gasteiger charge is -2.11. The van der Waals surface area contributed by atoms with Crippen molar-refractivity contribution in [3.63, 3.8) is 0 Å². The number of nitrogens with zero attached hydrogens (tertiary/aromatic N) is 1. The van der Waals surface area contributed by atoms with E-state index >= 15 is 0 Å². The van der Waals surface area contributed by atoms with Gasteiger partial charge in [-0.3, -0.25) is 15.1 Å². The van der Waals surface area contributed by atoms with Gasteiger partial charge in [0.1, 0.15) is 0 Å². The number of hydrogen-bond donors (Lipinski definition) is 4. The SMILES string of the molecule is O=C1N=c2ccccc2=C1c1[nH]c2ccccc2c1NOCCC(O)CO. The van der Waals surface area contributed by atoms with E-state index in [1.807, 2.05) is 48.5 Å². The van der Waals surface area contributed by atoms with Crippen molar-refractivity contribution in [1.29, 1.82) is 0 Å². The van der Waals surface area contributed by atoms with Crippen molar-refractivity contribution in [1.82, 2.24) is 4.98 Å². The fourth-order valence-electron chi connectivity index (χ4n) is 3.15. The van der Waals surface area contributed by atoms with E-state index in [4.69, 9.17) is 9.94 Å². The van der Waals surface area contributed by atoms with Crippen molar-refractivity contribution in [2.24, 2.45) is 4.99 Å². The van der Waals surface area contributed by atoms with Gasteiger partial charge >= 0.3 is 0 Å². The van der Waals surface area contributed by atoms with Crippen LogP contribution in [0, 0.1) is 0 Å². The van der Waals surface area contributed by atoms with Crippen molar-refractivity contribution in [2.75, 3.05) is 18.7 Å². The molecule has 1 unspecified atom stereocenters. The normalized spacial score (nSPS) is 14.3. The summed E-state index contributed by atoms with van der Waals surface area (Å²) in [6.07, 6.45) is -0.541. The highest BCUT2D eigenvalue weighted by Gasteiger charge is 2.24. The first-order valence-electron chi connectivity index (χ1n) is 8.69. The van der Waals surface area contributed by atoms with E-state index < -0.39 is 6.10 Å². The van der Waals surface area contributed by atoms with Crippen molar-refractivity contribution in [2.45, 2.75) is 12.5 Å². The van der Waals surface area contributed by atoms with Crippen LogP contribution in [0.15, 0.2) is 53.5 Å². The van der Waals surface area contributed by atoms with E-state index in [2.05, 4.69) is 15.5 Å². The highest BCUT2D eigenvalue weighted by atomic mass is 16.6. The molecular formula is C20H19N3O4. The number of carbonyl (C=O) groups excluding carboxylic acids is 1. The van der Waals surface area contributed by atoms with Gasteiger partial charge in [0.05, 0.1) is 41.6 Å². The summed E-state index contributed by atoms with van der Waals surface area (Å²) in [7, 11) is 0. The number of aliphatic hydroxyl groups excluding tert-OH is 2. The second-order valence-electron chi connectivity index (χ2n) is 6.31. The minimum atomic E-state index is -0.828. The molecule has 1 aliphatic heterocycles. The van der Waals surface area contributed by atoms with Crippen LogP contribution < -0.4 is 16.1 Å². The van der Waals surface area contributed by atoms with Crippen molar-refractivity contribution >= 4 is 28.1 Å². The Hall–Kier alpha value is -3.00. The smallest absolute Gasteiger partial charge is 0.280 e. The van der Waals surface area contributed by atoms with E-state index in [1.165, 1.54) is 0 Å². The van der Waals surface area contributed by atoms with E-state index in [0.29, 0.717) is 22.3 Å². The lowest BCUT2D eigenvalue weighted by atomic mass is 10.1. The van der Waals surface area contributed by atoms with E-state index in [0.717, 1.165) is 16.1 Å². The molecule has 2 aromatic carbocycles. The molecule has 0 radical (unpaired) electrons. The molecule has 0 saturated carbocycles. The number of fused-ring (bicyclic) bond motifs is 2. The Morgan fingerprint density at radius 3 is 2.78 bits per heavy atom. The molecule has 0 bridgehead atoms. The maximum absolute atomic E-state index is 12.6. The summed E-state index contributed by atoms with van der Waals surface area (Å²) in [4.78, 5) is 25.5. The molecular weight excluding hydrogens is 346 g/mol. The Labute approximate surface area is 154 Å². The first-order valence-corrected chi connectivity index (χ1v) is 8.69. The summed E-state index contributed by atoms with van der Waals surface area (Å²) in [6, 6.07) is 15.0. The standard InChI is InChI=1S/C20H19N3O4/c24-11-12(25)9-10-27-23-18-14-6-2-4-8-16(14)21-19(18)17-13-5-1-3-7-15(13)22-20(17)26/h1-8,12,21,23-25H,9-11H2. The van der Waals surface area contributed by atoms with Crippen molar-refractivity contribution in [3.8, 4) is 0 Å². The molecule has 27 heavy (non-hydrogen) atoms. The third-order valence-electron chi connectivity index (χ3n) is 4.50. The number of aromatic nitrogens is 1. The molecule has 1 aliphatic rings. The van der Waals surface area contributed by atoms with Crippen molar-refractivity contribution < 1.29 is 19.8 Å². The van der Waals surface area contributed by atoms with Gasteiger partial charge in [-0.05, 0) is 12.1 Å². The van der Waals surface area contributed by atoms with E-state index in [1.54, 1.807) is 0 Å². The second-order valence-corrected chi connectivity index (χ2v) is 6.31. The Morgan fingerprint density at radius 2 is 1.93 bits per heavy atom. The van der Waals surface area contributed by atoms with Gasteiger partial charge in [0.25, 0.3) is 5.91 Å². The summed E-state index contributed by atoms with van der Waals surface area (Å²) >= 11 is 0. The van der Waals surface area contributed by atoms with Gasteiger partial charge in [-0.1, -0.05) is 36.4 Å². The fourth-order valence-corrected chi connectivity index (χ4v) is 3.15. The molecule has 7 heteroatoms. The number of H-pyrrole nitrogens is 1. The summed E-state index contributed by atoms with van der Waals surface area (Å²) in [5.41, 5.74) is 5.50. The average Bonchev–Trinajstić information content (AvgIpc) is 3.21. The Bertz CT molecular complexity index is 1120. The third kappa shape index (κ3) is 3.23. The zero-order valence-electron chi connectivity index (χ0n) is 14.5. The largest absolute Gasteiger partial charge is 0.394 e. The number of amides is 1. The molecule has 0 fully saturated rings. The zero-order valence-corrected chi connectivity index (χ0v) is 14.5. The maximum atomic E-state index is 12.6. The van der Waals surface area contributed by atoms with Gasteiger partial charge in [-0.2, -0.15) is 0 Å². The number of nitrogens with one attached hydrogen (secondary N) is 2. The first kappa shape index (κ1) is 17.4. The highest BCUT2D eigenvalue weighted by Crippen LogP contribution is 2.32. The molecule has 1 atom stereocenters. The van der Waals surface area contributed by atoms with Gasteiger partial charge in [0, 0.05) is 22.5 Å². The zero-order chi connectivity index (χ0) is 18.8. The molecule has 3 aromatic rings. The molecule has 7 nitrogen and oxygen atoms in total. The Morgan fingerprint density at radius 1 is 1.15 bits per heavy atom. The lowest BCUT2D eigenvalue weighted by Crippen LogP contribution is -2.23. The van der Waals surface area contributed by atoms with E-state index in [-0.39, 0.29) is 25.5 Å². The van der Waals surface area contributed by atoms with Crippen LogP contribution in [0.25, 0.3) is 16.5 Å². The van der Waals surface area contributed by atoms with Crippen LogP contribution in [0.4, 0.5) is 5.69 Å². The molecule has 0 aliphatic carbocycles. The monoisotopic (exact) mass is 365 g/mol. The van der Waals surface area contributed by atoms with Gasteiger partial charge in [-0.25, -0.2) is 4.99 Å². The number of carbonyl (C=O) groups is 1. The fraction of sp³-hybridized carbons (Fsp3) is 0.200. The van der Waals surface area contributed by atoms with Crippen LogP contribution in [-0.4, -0.2) is 40.4 Å². The Balaban J connectivity index is 1.76. The molecule has 4 N–H and O–H groups in total. The Kier molecular flexibility index (Phi) is 4.72. The van der Waals surface area contributed by atoms with Crippen LogP contribution in [0.5, 0.6) is 0 Å². The minimum Gasteiger partial charge on any atom is -0.394 e. The minimum absolute atomic E-state index is 0.199. The third-order valence-corrected chi connectivity index (χ3v) is 4.50. The molecule has 1 aromatic heterocycles. The number of aliphatic hydroxyl groups is 2. The number of hydrogen-bond acceptors (Lipinski definition) is 5. The number of benzene rings is 2. The highest BCUT2D eigenvalue weighted by molar-refractivity contribution is 6.23. The van der Waals surface area contributed by atoms with E-state index in [9.17, 15) is 9.90 Å². The van der Waals surface area contributed by atoms with Crippen LogP contribution >= 0.6 is 0 Å². The molecule has 138 valence electrons. The molecule has 1 amide bonds. The van der Waals surface area contributed by atoms with Gasteiger partial charge < -0.3 is 15.2 Å². The van der Waals surface area contributed by atoms with Crippen LogP contribution in [0.1, 0.15) is 12.1 Å². The molecule has 2 heterocycles. The number of aromatic amines is 1. The molecule has 0 saturated heterocycles. The quantitative estimate of drug-likeness (QED) is 0.363. The summed E-state index contributed by atoms with van der Waals surface area (Å²) in [5, 5.41) is 20.6. The topological polar surface area (TPSA) is 107 Å². The average molecular weight is 365 g/mol. The first-order chi connectivity index (χ1) is 13.2.